The number of nitrogens with zero attached hydrogens (tertiary/aromatic N) is 4. The van der Waals surface area contributed by atoms with E-state index < -0.39 is 0 Å². The molecule has 0 radical (unpaired) electrons. The van der Waals surface area contributed by atoms with Crippen LogP contribution in [0.15, 0.2) is 15.8 Å². The highest BCUT2D eigenvalue weighted by molar-refractivity contribution is 5.00. The molecule has 2 heterocycles. The van der Waals surface area contributed by atoms with Crippen molar-refractivity contribution in [2.75, 3.05) is 0 Å². The van der Waals surface area contributed by atoms with E-state index >= 15 is 0 Å². The molecule has 0 aliphatic carbocycles. The predicted molar refractivity (Wildman–Crippen MR) is 63.2 cm³/mol. The summed E-state index contributed by atoms with van der Waals surface area (Å²) in [5.74, 6) is 0.667. The molecule has 96 valence electrons. The molecule has 18 heavy (non-hydrogen) atoms. The number of hydrogen-bond acceptors (Lipinski definition) is 5. The second-order valence-corrected chi connectivity index (χ2v) is 4.05. The second-order valence-electron chi connectivity index (χ2n) is 4.05. The Labute approximate surface area is 102 Å². The SMILES string of the molecule is Cc1cn(CCCCc2nn[nH]n2)c(=O)[nH]c1=O. The van der Waals surface area contributed by atoms with Crippen LogP contribution >= 0.6 is 0 Å². The standard InChI is InChI=1S/C10H14N6O2/c1-7-6-16(10(18)11-9(7)17)5-3-2-4-8-12-14-15-13-8/h6H,2-5H2,1H3,(H,11,17,18)(H,12,13,14,15). The number of hydrogen-bond donors (Lipinski definition) is 2. The molecule has 0 aromatic carbocycles. The lowest BCUT2D eigenvalue weighted by Gasteiger charge is -2.04. The molecule has 0 spiro atoms. The van der Waals surface area contributed by atoms with E-state index in [9.17, 15) is 9.59 Å². The monoisotopic (exact) mass is 250 g/mol. The lowest BCUT2D eigenvalue weighted by molar-refractivity contribution is 0.572. The highest BCUT2D eigenvalue weighted by Gasteiger charge is 2.02. The third-order valence-electron chi connectivity index (χ3n) is 2.63. The van der Waals surface area contributed by atoms with Crippen LogP contribution in [0.1, 0.15) is 24.2 Å². The van der Waals surface area contributed by atoms with E-state index in [1.807, 2.05) is 0 Å². The number of tetrazole rings is 1. The fraction of sp³-hybridized carbons (Fsp3) is 0.500. The molecule has 2 aromatic heterocycles. The Hall–Kier alpha value is -2.25. The molecule has 0 unspecified atom stereocenters. The molecule has 2 N–H and O–H groups in total. The fourth-order valence-electron chi connectivity index (χ4n) is 1.64. The lowest BCUT2D eigenvalue weighted by atomic mass is 10.2. The van der Waals surface area contributed by atoms with Gasteiger partial charge in [-0.05, 0) is 19.8 Å². The summed E-state index contributed by atoms with van der Waals surface area (Å²) in [5, 5.41) is 13.5. The van der Waals surface area contributed by atoms with Crippen LogP contribution in [0, 0.1) is 6.92 Å². The fourth-order valence-corrected chi connectivity index (χ4v) is 1.64. The Bertz CT molecular complexity index is 612. The van der Waals surface area contributed by atoms with Crippen molar-refractivity contribution in [1.29, 1.82) is 0 Å². The zero-order valence-corrected chi connectivity index (χ0v) is 10.0. The Morgan fingerprint density at radius 3 is 2.89 bits per heavy atom. The van der Waals surface area contributed by atoms with Crippen molar-refractivity contribution >= 4 is 0 Å². The van der Waals surface area contributed by atoms with E-state index in [2.05, 4.69) is 25.6 Å². The molecule has 8 nitrogen and oxygen atoms in total. The van der Waals surface area contributed by atoms with Crippen LogP contribution < -0.4 is 11.2 Å². The van der Waals surface area contributed by atoms with E-state index in [-0.39, 0.29) is 11.2 Å². The molecule has 0 fully saturated rings. The summed E-state index contributed by atoms with van der Waals surface area (Å²) in [6.45, 7) is 2.24. The molecular formula is C10H14N6O2. The minimum atomic E-state index is -0.370. The van der Waals surface area contributed by atoms with Crippen molar-refractivity contribution in [3.8, 4) is 0 Å². The number of aryl methyl sites for hydroxylation is 3. The van der Waals surface area contributed by atoms with Crippen molar-refractivity contribution in [1.82, 2.24) is 30.2 Å². The van der Waals surface area contributed by atoms with Gasteiger partial charge in [0, 0.05) is 24.7 Å². The summed E-state index contributed by atoms with van der Waals surface area (Å²) in [6, 6.07) is 0. The molecule has 0 atom stereocenters. The molecule has 2 rings (SSSR count). The first-order chi connectivity index (χ1) is 8.66. The van der Waals surface area contributed by atoms with Crippen LogP contribution in [0.2, 0.25) is 0 Å². The predicted octanol–water partition coefficient (Wildman–Crippen LogP) is -0.619. The third-order valence-corrected chi connectivity index (χ3v) is 2.63. The second kappa shape index (κ2) is 5.39. The Morgan fingerprint density at radius 2 is 2.17 bits per heavy atom. The van der Waals surface area contributed by atoms with Gasteiger partial charge in [0.2, 0.25) is 0 Å². The summed E-state index contributed by atoms with van der Waals surface area (Å²) >= 11 is 0. The molecular weight excluding hydrogens is 236 g/mol. The highest BCUT2D eigenvalue weighted by Crippen LogP contribution is 1.98. The minimum Gasteiger partial charge on any atom is -0.300 e. The molecule has 0 amide bonds. The van der Waals surface area contributed by atoms with Crippen LogP contribution in [0.3, 0.4) is 0 Å². The van der Waals surface area contributed by atoms with E-state index in [4.69, 9.17) is 0 Å². The van der Waals surface area contributed by atoms with Gasteiger partial charge in [-0.3, -0.25) is 9.78 Å². The van der Waals surface area contributed by atoms with E-state index in [1.54, 1.807) is 13.1 Å². The van der Waals surface area contributed by atoms with Gasteiger partial charge in [0.05, 0.1) is 0 Å². The first kappa shape index (κ1) is 12.2. The van der Waals surface area contributed by atoms with E-state index in [0.29, 0.717) is 24.4 Å². The number of aromatic amines is 2. The van der Waals surface area contributed by atoms with Crippen molar-refractivity contribution in [3.05, 3.63) is 38.4 Å². The van der Waals surface area contributed by atoms with Gasteiger partial charge in [0.15, 0.2) is 5.82 Å². The van der Waals surface area contributed by atoms with Crippen LogP contribution in [-0.2, 0) is 13.0 Å². The van der Waals surface area contributed by atoms with Crippen molar-refractivity contribution in [3.63, 3.8) is 0 Å². The molecule has 2 aromatic rings. The molecule has 0 aliphatic heterocycles. The summed E-state index contributed by atoms with van der Waals surface area (Å²) in [6.07, 6.45) is 3.95. The number of aromatic nitrogens is 6. The summed E-state index contributed by atoms with van der Waals surface area (Å²) in [5.41, 5.74) is -0.166. The Morgan fingerprint density at radius 1 is 1.33 bits per heavy atom. The van der Waals surface area contributed by atoms with Gasteiger partial charge in [0.25, 0.3) is 5.56 Å². The average Bonchev–Trinajstić information content (AvgIpc) is 2.84. The van der Waals surface area contributed by atoms with Gasteiger partial charge in [0.1, 0.15) is 0 Å². The Balaban J connectivity index is 1.89. The maximum atomic E-state index is 11.5. The van der Waals surface area contributed by atoms with Crippen LogP contribution in [0.5, 0.6) is 0 Å². The van der Waals surface area contributed by atoms with Crippen LogP contribution in [0.25, 0.3) is 0 Å². The number of nitrogens with one attached hydrogen (secondary N) is 2. The molecule has 0 bridgehead atoms. The van der Waals surface area contributed by atoms with E-state index in [1.165, 1.54) is 4.57 Å². The normalized spacial score (nSPS) is 10.7. The van der Waals surface area contributed by atoms with Gasteiger partial charge in [-0.15, -0.1) is 10.2 Å². The van der Waals surface area contributed by atoms with Crippen molar-refractivity contribution < 1.29 is 0 Å². The third kappa shape index (κ3) is 2.90. The number of rotatable bonds is 5. The topological polar surface area (TPSA) is 109 Å². The highest BCUT2D eigenvalue weighted by atomic mass is 16.2. The average molecular weight is 250 g/mol. The molecule has 8 heteroatoms. The number of H-pyrrole nitrogens is 2. The summed E-state index contributed by atoms with van der Waals surface area (Å²) < 4.78 is 1.51. The zero-order chi connectivity index (χ0) is 13.0. The first-order valence-electron chi connectivity index (χ1n) is 5.69. The zero-order valence-electron chi connectivity index (χ0n) is 10.0. The maximum Gasteiger partial charge on any atom is 0.328 e. The van der Waals surface area contributed by atoms with Gasteiger partial charge >= 0.3 is 5.69 Å². The van der Waals surface area contributed by atoms with Crippen molar-refractivity contribution in [2.45, 2.75) is 32.7 Å². The van der Waals surface area contributed by atoms with Crippen LogP contribution in [-0.4, -0.2) is 30.2 Å². The van der Waals surface area contributed by atoms with Gasteiger partial charge in [-0.1, -0.05) is 5.21 Å². The molecule has 0 aliphatic rings. The van der Waals surface area contributed by atoms with Crippen LogP contribution in [0.4, 0.5) is 0 Å². The summed E-state index contributed by atoms with van der Waals surface area (Å²) in [7, 11) is 0. The van der Waals surface area contributed by atoms with E-state index in [0.717, 1.165) is 12.8 Å². The first-order valence-corrected chi connectivity index (χ1v) is 5.69. The quantitative estimate of drug-likeness (QED) is 0.687. The van der Waals surface area contributed by atoms with Gasteiger partial charge < -0.3 is 4.57 Å². The van der Waals surface area contributed by atoms with Crippen molar-refractivity contribution in [2.24, 2.45) is 0 Å². The van der Waals surface area contributed by atoms with Gasteiger partial charge in [-0.25, -0.2) is 4.79 Å². The smallest absolute Gasteiger partial charge is 0.300 e. The summed E-state index contributed by atoms with van der Waals surface area (Å²) in [4.78, 5) is 24.9. The molecule has 0 saturated carbocycles. The maximum absolute atomic E-state index is 11.5. The van der Waals surface area contributed by atoms with Gasteiger partial charge in [-0.2, -0.15) is 5.21 Å². The largest absolute Gasteiger partial charge is 0.328 e. The Kier molecular flexibility index (Phi) is 3.66. The minimum absolute atomic E-state index is 0.331. The molecule has 0 saturated heterocycles. The number of unbranched alkanes of at least 4 members (excludes halogenated alkanes) is 1. The lowest BCUT2D eigenvalue weighted by Crippen LogP contribution is -2.30.